The zero-order valence-corrected chi connectivity index (χ0v) is 24.3. The van der Waals surface area contributed by atoms with Crippen molar-refractivity contribution in [2.75, 3.05) is 10.0 Å². The first-order valence-corrected chi connectivity index (χ1v) is 15.5. The van der Waals surface area contributed by atoms with Crippen LogP contribution >= 0.6 is 0 Å². The summed E-state index contributed by atoms with van der Waals surface area (Å²) < 4.78 is 74.1. The second-order valence-electron chi connectivity index (χ2n) is 11.2. The van der Waals surface area contributed by atoms with Crippen LogP contribution in [0.2, 0.25) is 0 Å². The molecule has 42 heavy (non-hydrogen) atoms. The number of sulfonamides is 1. The number of anilines is 2. The first-order valence-electron chi connectivity index (χ1n) is 13.8. The second kappa shape index (κ2) is 11.7. The average molecular weight is 600 g/mol. The van der Waals surface area contributed by atoms with E-state index in [0.29, 0.717) is 34.5 Å². The van der Waals surface area contributed by atoms with Crippen molar-refractivity contribution in [3.63, 3.8) is 0 Å². The molecule has 0 atom stereocenters. The zero-order valence-electron chi connectivity index (χ0n) is 23.5. The van der Waals surface area contributed by atoms with Crippen molar-refractivity contribution in [2.45, 2.75) is 64.3 Å². The summed E-state index contributed by atoms with van der Waals surface area (Å²) in [5.41, 5.74) is -2.14. The molecule has 1 aliphatic rings. The molecule has 1 aliphatic carbocycles. The molecule has 2 aromatic carbocycles. The van der Waals surface area contributed by atoms with E-state index in [2.05, 4.69) is 22.2 Å². The molecule has 0 amide bonds. The topological polar surface area (TPSA) is 106 Å². The molecule has 1 fully saturated rings. The molecule has 222 valence electrons. The third-order valence-electron chi connectivity index (χ3n) is 7.54. The molecule has 1 saturated carbocycles. The molecule has 0 radical (unpaired) electrons. The third-order valence-corrected chi connectivity index (χ3v) is 8.77. The Labute approximate surface area is 242 Å². The van der Waals surface area contributed by atoms with E-state index in [0.717, 1.165) is 25.7 Å². The minimum Gasteiger partial charge on any atom is -0.351 e. The number of benzene rings is 2. The minimum atomic E-state index is -4.28. The number of hydrogen-bond donors (Lipinski definition) is 2. The van der Waals surface area contributed by atoms with Crippen LogP contribution in [0.15, 0.2) is 53.5 Å². The Balaban J connectivity index is 1.52. The summed E-state index contributed by atoms with van der Waals surface area (Å²) >= 11 is 0. The number of hydrogen-bond acceptors (Lipinski definition) is 6. The minimum absolute atomic E-state index is 0.209. The predicted molar refractivity (Wildman–Crippen MR) is 157 cm³/mol. The van der Waals surface area contributed by atoms with Gasteiger partial charge in [0.2, 0.25) is 16.0 Å². The predicted octanol–water partition coefficient (Wildman–Crippen LogP) is 6.39. The summed E-state index contributed by atoms with van der Waals surface area (Å²) in [5, 5.41) is 3.71. The highest BCUT2D eigenvalue weighted by Crippen LogP contribution is 2.33. The Hall–Kier alpha value is -3.93. The van der Waals surface area contributed by atoms with Crippen LogP contribution in [0.3, 0.4) is 0 Å². The molecule has 0 saturated heterocycles. The van der Waals surface area contributed by atoms with E-state index in [-0.39, 0.29) is 11.6 Å². The maximum Gasteiger partial charge on any atom is 0.260 e. The summed E-state index contributed by atoms with van der Waals surface area (Å²) in [6.07, 6.45) is 5.63. The van der Waals surface area contributed by atoms with Gasteiger partial charge in [-0.1, -0.05) is 37.3 Å². The zero-order chi connectivity index (χ0) is 30.2. The van der Waals surface area contributed by atoms with E-state index in [1.54, 1.807) is 32.0 Å². The lowest BCUT2D eigenvalue weighted by Crippen LogP contribution is -2.28. The van der Waals surface area contributed by atoms with Gasteiger partial charge in [-0.15, -0.1) is 0 Å². The van der Waals surface area contributed by atoms with Crippen LogP contribution < -0.4 is 15.6 Å². The summed E-state index contributed by atoms with van der Waals surface area (Å²) in [4.78, 5) is 22.6. The summed E-state index contributed by atoms with van der Waals surface area (Å²) in [6.45, 7) is 5.70. The number of rotatable bonds is 8. The largest absolute Gasteiger partial charge is 0.351 e. The Morgan fingerprint density at radius 1 is 1.00 bits per heavy atom. The Kier molecular flexibility index (Phi) is 8.27. The third kappa shape index (κ3) is 6.13. The van der Waals surface area contributed by atoms with Crippen LogP contribution in [-0.4, -0.2) is 29.0 Å². The quantitative estimate of drug-likeness (QED) is 0.228. The molecule has 12 heteroatoms. The van der Waals surface area contributed by atoms with Gasteiger partial charge in [0.15, 0.2) is 17.5 Å². The molecule has 2 N–H and O–H groups in total. The number of nitrogens with zero attached hydrogens (tertiary/aromatic N) is 3. The van der Waals surface area contributed by atoms with Crippen molar-refractivity contribution in [1.29, 1.82) is 0 Å². The molecule has 0 aliphatic heterocycles. The summed E-state index contributed by atoms with van der Waals surface area (Å²) in [5.74, 6) is -4.23. The van der Waals surface area contributed by atoms with Crippen molar-refractivity contribution in [3.8, 4) is 11.1 Å². The monoisotopic (exact) mass is 599 g/mol. The lowest BCUT2D eigenvalue weighted by Gasteiger charge is -2.27. The van der Waals surface area contributed by atoms with Crippen molar-refractivity contribution in [1.82, 2.24) is 14.5 Å². The molecule has 2 heterocycles. The SMILES string of the molecule is CC1CCC(Nc2ncc3cc(-c4cc(F)c(NS(=O)(=O)Cc5ccccc5)c(F)c4F)c(=O)n(C(C)C)c3n2)CC1. The van der Waals surface area contributed by atoms with E-state index >= 15 is 13.2 Å². The average Bonchev–Trinajstić information content (AvgIpc) is 2.94. The number of halogens is 3. The van der Waals surface area contributed by atoms with Gasteiger partial charge in [0.25, 0.3) is 5.56 Å². The smallest absolute Gasteiger partial charge is 0.260 e. The van der Waals surface area contributed by atoms with Crippen LogP contribution in [0.5, 0.6) is 0 Å². The van der Waals surface area contributed by atoms with Gasteiger partial charge in [0.1, 0.15) is 11.3 Å². The fourth-order valence-electron chi connectivity index (χ4n) is 5.32. The fraction of sp³-hybridized carbons (Fsp3) is 0.367. The maximum atomic E-state index is 15.4. The van der Waals surface area contributed by atoms with Gasteiger partial charge in [0, 0.05) is 29.2 Å². The van der Waals surface area contributed by atoms with Crippen LogP contribution in [0.25, 0.3) is 22.2 Å². The number of aromatic nitrogens is 3. The van der Waals surface area contributed by atoms with Crippen LogP contribution in [0, 0.1) is 23.4 Å². The normalized spacial score (nSPS) is 17.5. The maximum absolute atomic E-state index is 15.4. The lowest BCUT2D eigenvalue weighted by atomic mass is 9.87. The van der Waals surface area contributed by atoms with Gasteiger partial charge in [-0.05, 0) is 63.1 Å². The Morgan fingerprint density at radius 2 is 1.69 bits per heavy atom. The first kappa shape index (κ1) is 29.6. The van der Waals surface area contributed by atoms with E-state index in [1.165, 1.54) is 29.0 Å². The molecule has 5 rings (SSSR count). The van der Waals surface area contributed by atoms with Crippen molar-refractivity contribution < 1.29 is 21.6 Å². The van der Waals surface area contributed by atoms with Gasteiger partial charge in [-0.3, -0.25) is 14.1 Å². The number of nitrogens with one attached hydrogen (secondary N) is 2. The molecule has 0 spiro atoms. The van der Waals surface area contributed by atoms with E-state index in [1.807, 2.05) is 4.72 Å². The standard InChI is InChI=1S/C30H32F3N5O3S/c1-17(2)38-28-20(15-34-30(36-28)35-21-11-9-18(3)10-12-21)13-23(29(38)39)22-14-24(31)27(26(33)25(22)32)37-42(40,41)16-19-7-5-4-6-8-19/h4-8,13-15,17-18,21,37H,9-12,16H2,1-3H3,(H,34,35,36). The highest BCUT2D eigenvalue weighted by molar-refractivity contribution is 7.91. The van der Waals surface area contributed by atoms with Crippen molar-refractivity contribution in [3.05, 3.63) is 82.0 Å². The molecule has 0 unspecified atom stereocenters. The van der Waals surface area contributed by atoms with Gasteiger partial charge in [-0.25, -0.2) is 26.6 Å². The second-order valence-corrected chi connectivity index (χ2v) is 12.9. The van der Waals surface area contributed by atoms with Crippen molar-refractivity contribution >= 4 is 32.7 Å². The van der Waals surface area contributed by atoms with Gasteiger partial charge >= 0.3 is 0 Å². The van der Waals surface area contributed by atoms with Crippen molar-refractivity contribution in [2.24, 2.45) is 5.92 Å². The van der Waals surface area contributed by atoms with E-state index < -0.39 is 56.1 Å². The van der Waals surface area contributed by atoms with Crippen LogP contribution in [-0.2, 0) is 15.8 Å². The van der Waals surface area contributed by atoms with Gasteiger partial charge in [0.05, 0.1) is 11.3 Å². The molecule has 4 aromatic rings. The van der Waals surface area contributed by atoms with E-state index in [9.17, 15) is 13.2 Å². The lowest BCUT2D eigenvalue weighted by molar-refractivity contribution is 0.360. The van der Waals surface area contributed by atoms with Crippen LogP contribution in [0.4, 0.5) is 24.8 Å². The molecular formula is C30H32F3N5O3S. The van der Waals surface area contributed by atoms with Gasteiger partial charge in [-0.2, -0.15) is 4.98 Å². The Morgan fingerprint density at radius 3 is 2.36 bits per heavy atom. The fourth-order valence-corrected chi connectivity index (χ4v) is 6.52. The van der Waals surface area contributed by atoms with Gasteiger partial charge < -0.3 is 5.32 Å². The summed E-state index contributed by atoms with van der Waals surface area (Å²) in [7, 11) is -4.28. The molecule has 0 bridgehead atoms. The highest BCUT2D eigenvalue weighted by atomic mass is 32.2. The molecular weight excluding hydrogens is 567 g/mol. The number of pyridine rings is 1. The first-order chi connectivity index (χ1) is 19.9. The molecule has 2 aromatic heterocycles. The highest BCUT2D eigenvalue weighted by Gasteiger charge is 2.26. The number of fused-ring (bicyclic) bond motifs is 1. The van der Waals surface area contributed by atoms with E-state index in [4.69, 9.17) is 0 Å². The summed E-state index contributed by atoms with van der Waals surface area (Å²) in [6, 6.07) is 9.69. The Bertz CT molecular complexity index is 1790. The van der Waals surface area contributed by atoms with Crippen LogP contribution in [0.1, 0.15) is 58.1 Å². The molecule has 8 nitrogen and oxygen atoms in total.